The molecule has 0 aliphatic rings. The zero-order valence-corrected chi connectivity index (χ0v) is 16.8. The fraction of sp³-hybridized carbons (Fsp3) is 0.316. The molecule has 2 rings (SSSR count). The number of hydrogen-bond acceptors (Lipinski definition) is 5. The van der Waals surface area contributed by atoms with E-state index >= 15 is 0 Å². The molecule has 0 amide bonds. The maximum Gasteiger partial charge on any atom is 0.309 e. The van der Waals surface area contributed by atoms with Gasteiger partial charge in [-0.3, -0.25) is 9.00 Å². The number of methoxy groups -OCH3 is 1. The number of carbonyl (C=O) groups is 1. The van der Waals surface area contributed by atoms with E-state index in [4.69, 9.17) is 4.74 Å². The molecule has 0 aliphatic carbocycles. The molecule has 0 heterocycles. The second-order valence-corrected chi connectivity index (χ2v) is 9.52. The third-order valence-corrected chi connectivity index (χ3v) is 7.32. The molecule has 6 heteroatoms. The summed E-state index contributed by atoms with van der Waals surface area (Å²) in [5.74, 6) is 1.51. The van der Waals surface area contributed by atoms with E-state index in [0.717, 1.165) is 16.0 Å². The van der Waals surface area contributed by atoms with Crippen LogP contribution in [0.3, 0.4) is 0 Å². The predicted octanol–water partition coefficient (Wildman–Crippen LogP) is 4.68. The summed E-state index contributed by atoms with van der Waals surface area (Å²) in [6.45, 7) is 1.86. The van der Waals surface area contributed by atoms with Crippen molar-refractivity contribution in [1.82, 2.24) is 0 Å². The molecule has 0 bridgehead atoms. The minimum absolute atomic E-state index is 0.121. The highest BCUT2D eigenvalue weighted by atomic mass is 33.1. The highest BCUT2D eigenvalue weighted by Gasteiger charge is 2.13. The minimum Gasteiger partial charge on any atom is -0.469 e. The number of hydrogen-bond donors (Lipinski definition) is 0. The average molecular weight is 395 g/mol. The van der Waals surface area contributed by atoms with E-state index in [2.05, 4.69) is 6.07 Å². The van der Waals surface area contributed by atoms with Gasteiger partial charge in [-0.25, -0.2) is 0 Å². The summed E-state index contributed by atoms with van der Waals surface area (Å²) in [5.41, 5.74) is 2.17. The fourth-order valence-electron chi connectivity index (χ4n) is 2.16. The second kappa shape index (κ2) is 10.7. The Labute approximate surface area is 159 Å². The Morgan fingerprint density at radius 1 is 1.08 bits per heavy atom. The summed E-state index contributed by atoms with van der Waals surface area (Å²) >= 11 is 0. The molecule has 2 atom stereocenters. The Bertz CT molecular complexity index is 704. The Balaban J connectivity index is 1.84. The van der Waals surface area contributed by atoms with Gasteiger partial charge in [0.1, 0.15) is 0 Å². The molecule has 0 saturated carbocycles. The molecule has 0 N–H and O–H groups in total. The number of carbonyl (C=O) groups excluding carboxylic acids is 1. The third-order valence-electron chi connectivity index (χ3n) is 3.47. The average Bonchev–Trinajstić information content (AvgIpc) is 2.62. The van der Waals surface area contributed by atoms with Crippen LogP contribution in [-0.4, -0.2) is 23.0 Å². The van der Waals surface area contributed by atoms with E-state index in [-0.39, 0.29) is 11.9 Å². The van der Waals surface area contributed by atoms with Crippen LogP contribution in [0.25, 0.3) is 0 Å². The highest BCUT2D eigenvalue weighted by Crippen LogP contribution is 2.33. The van der Waals surface area contributed by atoms with Crippen LogP contribution < -0.4 is 0 Å². The van der Waals surface area contributed by atoms with Crippen LogP contribution >= 0.6 is 21.6 Å². The maximum absolute atomic E-state index is 12.4. The molecule has 3 nitrogen and oxygen atoms in total. The first-order chi connectivity index (χ1) is 12.1. The monoisotopic (exact) mass is 394 g/mol. The molecular formula is C19H22O3S3. The van der Waals surface area contributed by atoms with Gasteiger partial charge in [0.2, 0.25) is 0 Å². The summed E-state index contributed by atoms with van der Waals surface area (Å²) in [7, 11) is 3.74. The number of rotatable bonds is 9. The number of benzene rings is 2. The van der Waals surface area contributed by atoms with Crippen molar-refractivity contribution < 1.29 is 13.7 Å². The van der Waals surface area contributed by atoms with Crippen molar-refractivity contribution in [3.05, 3.63) is 65.7 Å². The Kier molecular flexibility index (Phi) is 8.58. The molecule has 2 aromatic rings. The van der Waals surface area contributed by atoms with Crippen molar-refractivity contribution >= 4 is 38.4 Å². The minimum atomic E-state index is -0.928. The van der Waals surface area contributed by atoms with Crippen molar-refractivity contribution in [2.24, 2.45) is 5.92 Å². The standard InChI is InChI=1S/C19H22O3S3/c1-15(19(20)22-2)12-23-24-18-10-6-9-17(11-18)14-25(21)13-16-7-4-3-5-8-16/h3-11,15H,12-14H2,1-2H3. The zero-order chi connectivity index (χ0) is 18.1. The van der Waals surface area contributed by atoms with Crippen LogP contribution in [0.2, 0.25) is 0 Å². The van der Waals surface area contributed by atoms with Gasteiger partial charge < -0.3 is 4.74 Å². The number of esters is 1. The molecule has 0 spiro atoms. The van der Waals surface area contributed by atoms with E-state index < -0.39 is 10.8 Å². The smallest absolute Gasteiger partial charge is 0.309 e. The van der Waals surface area contributed by atoms with Gasteiger partial charge in [-0.1, -0.05) is 71.0 Å². The van der Waals surface area contributed by atoms with Crippen LogP contribution in [0.1, 0.15) is 18.1 Å². The largest absolute Gasteiger partial charge is 0.469 e. The fourth-order valence-corrected chi connectivity index (χ4v) is 5.79. The molecule has 0 aliphatic heterocycles. The van der Waals surface area contributed by atoms with Gasteiger partial charge in [0.15, 0.2) is 0 Å². The van der Waals surface area contributed by atoms with Gasteiger partial charge >= 0.3 is 5.97 Å². The van der Waals surface area contributed by atoms with Crippen LogP contribution in [0, 0.1) is 5.92 Å². The quantitative estimate of drug-likeness (QED) is 0.456. The van der Waals surface area contributed by atoms with Crippen molar-refractivity contribution in [3.63, 3.8) is 0 Å². The maximum atomic E-state index is 12.4. The van der Waals surface area contributed by atoms with Crippen molar-refractivity contribution in [2.75, 3.05) is 12.9 Å². The molecular weight excluding hydrogens is 372 g/mol. The van der Waals surface area contributed by atoms with Crippen molar-refractivity contribution in [3.8, 4) is 0 Å². The normalized spacial score (nSPS) is 13.2. The van der Waals surface area contributed by atoms with Crippen LogP contribution in [0.15, 0.2) is 59.5 Å². The van der Waals surface area contributed by atoms with E-state index in [0.29, 0.717) is 17.3 Å². The van der Waals surface area contributed by atoms with Gasteiger partial charge in [-0.05, 0) is 23.3 Å². The van der Waals surface area contributed by atoms with Gasteiger partial charge in [-0.15, -0.1) is 0 Å². The first kappa shape index (κ1) is 20.1. The van der Waals surface area contributed by atoms with E-state index in [1.807, 2.05) is 55.5 Å². The van der Waals surface area contributed by atoms with Crippen LogP contribution in [0.5, 0.6) is 0 Å². The lowest BCUT2D eigenvalue weighted by Crippen LogP contribution is -2.14. The van der Waals surface area contributed by atoms with Gasteiger partial charge in [0.25, 0.3) is 0 Å². The van der Waals surface area contributed by atoms with E-state index in [9.17, 15) is 9.00 Å². The van der Waals surface area contributed by atoms with Gasteiger partial charge in [0.05, 0.1) is 13.0 Å². The van der Waals surface area contributed by atoms with Crippen LogP contribution in [0.4, 0.5) is 0 Å². The Morgan fingerprint density at radius 2 is 1.76 bits per heavy atom. The zero-order valence-electron chi connectivity index (χ0n) is 14.3. The predicted molar refractivity (Wildman–Crippen MR) is 108 cm³/mol. The number of ether oxygens (including phenoxy) is 1. The molecule has 0 saturated heterocycles. The van der Waals surface area contributed by atoms with Crippen molar-refractivity contribution in [1.29, 1.82) is 0 Å². The first-order valence-electron chi connectivity index (χ1n) is 7.93. The molecule has 0 aromatic heterocycles. The van der Waals surface area contributed by atoms with E-state index in [1.54, 1.807) is 21.6 Å². The summed E-state index contributed by atoms with van der Waals surface area (Å²) in [6.07, 6.45) is 0. The summed E-state index contributed by atoms with van der Waals surface area (Å²) in [6, 6.07) is 18.0. The summed E-state index contributed by atoms with van der Waals surface area (Å²) < 4.78 is 17.1. The lowest BCUT2D eigenvalue weighted by molar-refractivity contribution is -0.143. The SMILES string of the molecule is COC(=O)C(C)CSSc1cccc(CS(=O)Cc2ccccc2)c1. The highest BCUT2D eigenvalue weighted by molar-refractivity contribution is 8.76. The van der Waals surface area contributed by atoms with Crippen molar-refractivity contribution in [2.45, 2.75) is 23.3 Å². The van der Waals surface area contributed by atoms with Gasteiger partial charge in [0, 0.05) is 33.0 Å². The molecule has 0 radical (unpaired) electrons. The molecule has 25 heavy (non-hydrogen) atoms. The molecule has 2 unspecified atom stereocenters. The summed E-state index contributed by atoms with van der Waals surface area (Å²) in [5, 5.41) is 0. The first-order valence-corrected chi connectivity index (χ1v) is 11.7. The summed E-state index contributed by atoms with van der Waals surface area (Å²) in [4.78, 5) is 12.5. The molecule has 2 aromatic carbocycles. The third kappa shape index (κ3) is 7.26. The van der Waals surface area contributed by atoms with Crippen LogP contribution in [-0.2, 0) is 31.8 Å². The second-order valence-electron chi connectivity index (χ2n) is 5.65. The Morgan fingerprint density at radius 3 is 2.48 bits per heavy atom. The molecule has 0 fully saturated rings. The Hall–Kier alpha value is -1.24. The molecule has 134 valence electrons. The van der Waals surface area contributed by atoms with E-state index in [1.165, 1.54) is 7.11 Å². The van der Waals surface area contributed by atoms with Gasteiger partial charge in [-0.2, -0.15) is 0 Å². The lowest BCUT2D eigenvalue weighted by atomic mass is 10.2. The topological polar surface area (TPSA) is 43.4 Å². The lowest BCUT2D eigenvalue weighted by Gasteiger charge is -2.09.